The van der Waals surface area contributed by atoms with Crippen molar-refractivity contribution in [3.63, 3.8) is 0 Å². The Hall–Kier alpha value is -2.72. The molecular weight excluding hydrogens is 374 g/mol. The number of para-hydroxylation sites is 1. The van der Waals surface area contributed by atoms with Gasteiger partial charge in [-0.2, -0.15) is 4.31 Å². The molecule has 1 amide bonds. The van der Waals surface area contributed by atoms with Crippen LogP contribution < -0.4 is 0 Å². The minimum absolute atomic E-state index is 0.0655. The summed E-state index contributed by atoms with van der Waals surface area (Å²) in [7, 11) is -4.02. The Morgan fingerprint density at radius 1 is 1.15 bits per heavy atom. The molecule has 0 N–H and O–H groups in total. The number of benzene rings is 1. The summed E-state index contributed by atoms with van der Waals surface area (Å²) in [5.74, 6) is 0.938. The molecule has 2 heterocycles. The van der Waals surface area contributed by atoms with Crippen molar-refractivity contribution in [2.24, 2.45) is 0 Å². The highest BCUT2D eigenvalue weighted by Gasteiger charge is 2.35. The molecule has 10 heteroatoms. The van der Waals surface area contributed by atoms with E-state index in [9.17, 15) is 23.3 Å². The van der Waals surface area contributed by atoms with Gasteiger partial charge < -0.3 is 9.32 Å². The fraction of sp³-hybridized carbons (Fsp3) is 0.353. The third-order valence-electron chi connectivity index (χ3n) is 4.48. The number of aryl methyl sites for hydroxylation is 2. The Kier molecular flexibility index (Phi) is 5.03. The molecule has 0 atom stereocenters. The maximum absolute atomic E-state index is 12.8. The van der Waals surface area contributed by atoms with Crippen LogP contribution in [0.2, 0.25) is 0 Å². The molecule has 3 rings (SSSR count). The summed E-state index contributed by atoms with van der Waals surface area (Å²) in [6.07, 6.45) is 0. The zero-order valence-electron chi connectivity index (χ0n) is 14.9. The summed E-state index contributed by atoms with van der Waals surface area (Å²) < 4.78 is 32.2. The zero-order valence-corrected chi connectivity index (χ0v) is 15.7. The first-order valence-corrected chi connectivity index (χ1v) is 9.75. The first kappa shape index (κ1) is 19.1. The quantitative estimate of drug-likeness (QED) is 0.579. The van der Waals surface area contributed by atoms with Crippen LogP contribution in [0.4, 0.5) is 5.69 Å². The van der Waals surface area contributed by atoms with Crippen molar-refractivity contribution < 1.29 is 22.6 Å². The van der Waals surface area contributed by atoms with Crippen LogP contribution in [0.5, 0.6) is 0 Å². The van der Waals surface area contributed by atoms with Crippen molar-refractivity contribution in [3.8, 4) is 0 Å². The fourth-order valence-corrected chi connectivity index (χ4v) is 4.69. The number of nitrogens with zero attached hydrogens (tertiary/aromatic N) is 3. The summed E-state index contributed by atoms with van der Waals surface area (Å²) >= 11 is 0. The van der Waals surface area contributed by atoms with Gasteiger partial charge in [-0.1, -0.05) is 12.1 Å². The molecule has 0 bridgehead atoms. The van der Waals surface area contributed by atoms with Gasteiger partial charge in [0.25, 0.3) is 11.6 Å². The lowest BCUT2D eigenvalue weighted by molar-refractivity contribution is -0.387. The van der Waals surface area contributed by atoms with E-state index in [1.165, 1.54) is 22.5 Å². The molecule has 144 valence electrons. The van der Waals surface area contributed by atoms with Crippen molar-refractivity contribution in [1.82, 2.24) is 9.21 Å². The number of carbonyl (C=O) groups excluding carboxylic acids is 1. The largest absolute Gasteiger partial charge is 0.466 e. The van der Waals surface area contributed by atoms with Crippen LogP contribution in [0.3, 0.4) is 0 Å². The van der Waals surface area contributed by atoms with Crippen LogP contribution in [0.1, 0.15) is 21.9 Å². The molecule has 0 spiro atoms. The first-order chi connectivity index (χ1) is 12.7. The molecule has 1 aliphatic heterocycles. The average Bonchev–Trinajstić information content (AvgIpc) is 2.99. The Labute approximate surface area is 156 Å². The molecule has 1 fully saturated rings. The third-order valence-corrected chi connectivity index (χ3v) is 6.42. The minimum Gasteiger partial charge on any atom is -0.466 e. The standard InChI is InChI=1S/C17H19N3O6S/c1-12-11-14(13(2)26-12)17(21)18-7-9-19(10-8-18)27(24,25)16-6-4-3-5-15(16)20(22)23/h3-6,11H,7-10H2,1-2H3. The van der Waals surface area contributed by atoms with E-state index in [2.05, 4.69) is 0 Å². The molecule has 1 aromatic carbocycles. The van der Waals surface area contributed by atoms with Crippen molar-refractivity contribution in [3.05, 3.63) is 57.5 Å². The molecule has 0 saturated carbocycles. The Balaban J connectivity index is 1.76. The Bertz CT molecular complexity index is 990. The van der Waals surface area contributed by atoms with Gasteiger partial charge in [0, 0.05) is 32.2 Å². The van der Waals surface area contributed by atoms with Crippen LogP contribution in [0.15, 0.2) is 39.6 Å². The number of carbonyl (C=O) groups is 1. The molecule has 0 aliphatic carbocycles. The first-order valence-electron chi connectivity index (χ1n) is 8.31. The van der Waals surface area contributed by atoms with Crippen molar-refractivity contribution in [2.75, 3.05) is 26.2 Å². The van der Waals surface area contributed by atoms with Gasteiger partial charge in [0.15, 0.2) is 4.90 Å². The monoisotopic (exact) mass is 393 g/mol. The van der Waals surface area contributed by atoms with Gasteiger partial charge in [0.1, 0.15) is 11.5 Å². The van der Waals surface area contributed by atoms with Crippen LogP contribution in [-0.4, -0.2) is 54.6 Å². The highest BCUT2D eigenvalue weighted by Crippen LogP contribution is 2.27. The van der Waals surface area contributed by atoms with E-state index in [0.29, 0.717) is 17.1 Å². The second-order valence-electron chi connectivity index (χ2n) is 6.25. The summed E-state index contributed by atoms with van der Waals surface area (Å²) in [4.78, 5) is 24.3. The number of rotatable bonds is 4. The minimum atomic E-state index is -4.02. The molecule has 2 aromatic rings. The van der Waals surface area contributed by atoms with Crippen LogP contribution in [-0.2, 0) is 10.0 Å². The smallest absolute Gasteiger partial charge is 0.289 e. The van der Waals surface area contributed by atoms with Gasteiger partial charge in [-0.15, -0.1) is 0 Å². The van der Waals surface area contributed by atoms with E-state index in [1.807, 2.05) is 0 Å². The second kappa shape index (κ2) is 7.12. The lowest BCUT2D eigenvalue weighted by Crippen LogP contribution is -2.50. The van der Waals surface area contributed by atoms with E-state index >= 15 is 0 Å². The Morgan fingerprint density at radius 2 is 1.78 bits per heavy atom. The van der Waals surface area contributed by atoms with Crippen molar-refractivity contribution >= 4 is 21.6 Å². The molecule has 0 radical (unpaired) electrons. The van der Waals surface area contributed by atoms with E-state index in [4.69, 9.17) is 4.42 Å². The summed E-state index contributed by atoms with van der Waals surface area (Å²) in [6, 6.07) is 6.92. The summed E-state index contributed by atoms with van der Waals surface area (Å²) in [6.45, 7) is 3.98. The highest BCUT2D eigenvalue weighted by atomic mass is 32.2. The zero-order chi connectivity index (χ0) is 19.8. The number of furan rings is 1. The lowest BCUT2D eigenvalue weighted by Gasteiger charge is -2.33. The predicted octanol–water partition coefficient (Wildman–Crippen LogP) is 1.95. The number of hydrogen-bond donors (Lipinski definition) is 0. The van der Waals surface area contributed by atoms with Crippen molar-refractivity contribution in [2.45, 2.75) is 18.7 Å². The van der Waals surface area contributed by atoms with E-state index in [0.717, 1.165) is 6.07 Å². The SMILES string of the molecule is Cc1cc(C(=O)N2CCN(S(=O)(=O)c3ccccc3[N+](=O)[O-])CC2)c(C)o1. The normalized spacial score (nSPS) is 15.7. The highest BCUT2D eigenvalue weighted by molar-refractivity contribution is 7.89. The maximum atomic E-state index is 12.8. The average molecular weight is 393 g/mol. The van der Waals surface area contributed by atoms with Gasteiger partial charge in [-0.3, -0.25) is 14.9 Å². The van der Waals surface area contributed by atoms with Gasteiger partial charge in [-0.05, 0) is 26.0 Å². The molecule has 1 saturated heterocycles. The van der Waals surface area contributed by atoms with Gasteiger partial charge in [-0.25, -0.2) is 8.42 Å². The molecule has 27 heavy (non-hydrogen) atoms. The van der Waals surface area contributed by atoms with Crippen molar-refractivity contribution in [1.29, 1.82) is 0 Å². The molecule has 1 aliphatic rings. The van der Waals surface area contributed by atoms with E-state index in [-0.39, 0.29) is 37.0 Å². The molecule has 0 unspecified atom stereocenters. The van der Waals surface area contributed by atoms with Gasteiger partial charge in [0.05, 0.1) is 10.5 Å². The second-order valence-corrected chi connectivity index (χ2v) is 8.15. The number of nitro groups is 1. The number of nitro benzene ring substituents is 1. The van der Waals surface area contributed by atoms with Crippen LogP contribution in [0, 0.1) is 24.0 Å². The summed E-state index contributed by atoms with van der Waals surface area (Å²) in [5, 5.41) is 11.1. The van der Waals surface area contributed by atoms with E-state index in [1.54, 1.807) is 24.8 Å². The number of amides is 1. The van der Waals surface area contributed by atoms with Crippen LogP contribution in [0.25, 0.3) is 0 Å². The lowest BCUT2D eigenvalue weighted by atomic mass is 10.2. The number of piperazine rings is 1. The summed E-state index contributed by atoms with van der Waals surface area (Å²) in [5.41, 5.74) is 0.00278. The molecule has 1 aromatic heterocycles. The maximum Gasteiger partial charge on any atom is 0.289 e. The van der Waals surface area contributed by atoms with E-state index < -0.39 is 20.6 Å². The Morgan fingerprint density at radius 3 is 2.33 bits per heavy atom. The van der Waals surface area contributed by atoms with Crippen LogP contribution >= 0.6 is 0 Å². The number of hydrogen-bond acceptors (Lipinski definition) is 6. The predicted molar refractivity (Wildman–Crippen MR) is 95.9 cm³/mol. The molecule has 9 nitrogen and oxygen atoms in total. The molecular formula is C17H19N3O6S. The van der Waals surface area contributed by atoms with Gasteiger partial charge >= 0.3 is 0 Å². The van der Waals surface area contributed by atoms with Gasteiger partial charge in [0.2, 0.25) is 10.0 Å². The fourth-order valence-electron chi connectivity index (χ4n) is 3.11. The third kappa shape index (κ3) is 3.58. The number of sulfonamides is 1. The topological polar surface area (TPSA) is 114 Å².